The topological polar surface area (TPSA) is 75.6 Å². The molecular formula is C12H17N5OS. The largest absolute Gasteiger partial charge is 0.343 e. The Morgan fingerprint density at radius 1 is 1.53 bits per heavy atom. The summed E-state index contributed by atoms with van der Waals surface area (Å²) in [4.78, 5) is 15.7. The van der Waals surface area contributed by atoms with Crippen molar-refractivity contribution in [3.05, 3.63) is 33.9 Å². The average Bonchev–Trinajstić information content (AvgIpc) is 2.71. The highest BCUT2D eigenvalue weighted by molar-refractivity contribution is 7.99. The molecule has 0 bridgehead atoms. The van der Waals surface area contributed by atoms with Crippen LogP contribution in [0.3, 0.4) is 0 Å². The molecule has 2 aromatic heterocycles. The molecule has 0 amide bonds. The van der Waals surface area contributed by atoms with E-state index in [2.05, 4.69) is 33.5 Å². The van der Waals surface area contributed by atoms with E-state index < -0.39 is 0 Å². The standard InChI is InChI=1S/C12H17N5OS/c1-4-13-6-9-5-8(2)10(14-7-9)19-12-16-15-11(18)17(12)3/h5,7,13H,4,6H2,1-3H3,(H,15,18). The summed E-state index contributed by atoms with van der Waals surface area (Å²) in [5, 5.41) is 11.1. The van der Waals surface area contributed by atoms with E-state index in [1.807, 2.05) is 13.1 Å². The number of aromatic nitrogens is 4. The molecule has 0 aromatic carbocycles. The summed E-state index contributed by atoms with van der Waals surface area (Å²) in [7, 11) is 1.68. The van der Waals surface area contributed by atoms with Crippen LogP contribution in [-0.2, 0) is 13.6 Å². The summed E-state index contributed by atoms with van der Waals surface area (Å²) >= 11 is 1.38. The molecule has 0 aliphatic carbocycles. The number of pyridine rings is 1. The van der Waals surface area contributed by atoms with Gasteiger partial charge in [0.05, 0.1) is 0 Å². The second kappa shape index (κ2) is 6.03. The van der Waals surface area contributed by atoms with Crippen molar-refractivity contribution < 1.29 is 0 Å². The van der Waals surface area contributed by atoms with Gasteiger partial charge in [0.1, 0.15) is 5.03 Å². The van der Waals surface area contributed by atoms with Crippen LogP contribution in [0.4, 0.5) is 0 Å². The van der Waals surface area contributed by atoms with Gasteiger partial charge in [-0.25, -0.2) is 14.9 Å². The van der Waals surface area contributed by atoms with E-state index in [9.17, 15) is 4.79 Å². The third-order valence-electron chi connectivity index (χ3n) is 2.69. The zero-order chi connectivity index (χ0) is 13.8. The van der Waals surface area contributed by atoms with Crippen molar-refractivity contribution in [3.8, 4) is 0 Å². The van der Waals surface area contributed by atoms with Crippen LogP contribution in [0.25, 0.3) is 0 Å². The number of hydrogen-bond acceptors (Lipinski definition) is 5. The first-order chi connectivity index (χ1) is 9.11. The molecule has 2 aromatic rings. The van der Waals surface area contributed by atoms with Crippen molar-refractivity contribution in [1.82, 2.24) is 25.1 Å². The SMILES string of the molecule is CCNCc1cnc(Sc2n[nH]c(=O)n2C)c(C)c1. The molecule has 0 saturated heterocycles. The highest BCUT2D eigenvalue weighted by atomic mass is 32.2. The van der Waals surface area contributed by atoms with Gasteiger partial charge in [0.15, 0.2) is 5.16 Å². The molecule has 0 fully saturated rings. The van der Waals surface area contributed by atoms with Gasteiger partial charge < -0.3 is 5.32 Å². The van der Waals surface area contributed by atoms with E-state index in [-0.39, 0.29) is 5.69 Å². The van der Waals surface area contributed by atoms with Crippen LogP contribution >= 0.6 is 11.8 Å². The maximum atomic E-state index is 11.3. The number of nitrogens with zero attached hydrogens (tertiary/aromatic N) is 3. The predicted octanol–water partition coefficient (Wildman–Crippen LogP) is 1.07. The van der Waals surface area contributed by atoms with Crippen LogP contribution in [0.15, 0.2) is 27.2 Å². The molecule has 0 aliphatic heterocycles. The van der Waals surface area contributed by atoms with E-state index in [4.69, 9.17) is 0 Å². The third kappa shape index (κ3) is 3.24. The minimum Gasteiger partial charge on any atom is -0.313 e. The molecule has 7 heteroatoms. The molecule has 0 saturated carbocycles. The smallest absolute Gasteiger partial charge is 0.313 e. The van der Waals surface area contributed by atoms with Gasteiger partial charge in [0, 0.05) is 19.8 Å². The minimum atomic E-state index is -0.219. The van der Waals surface area contributed by atoms with Gasteiger partial charge in [0.25, 0.3) is 0 Å². The number of hydrogen-bond donors (Lipinski definition) is 2. The number of H-pyrrole nitrogens is 1. The molecule has 102 valence electrons. The normalized spacial score (nSPS) is 10.9. The van der Waals surface area contributed by atoms with Crippen LogP contribution in [0.2, 0.25) is 0 Å². The van der Waals surface area contributed by atoms with Gasteiger partial charge in [-0.3, -0.25) is 4.57 Å². The summed E-state index contributed by atoms with van der Waals surface area (Å²) in [6.45, 7) is 5.83. The van der Waals surface area contributed by atoms with E-state index in [0.717, 1.165) is 29.2 Å². The first-order valence-electron chi connectivity index (χ1n) is 6.07. The highest BCUT2D eigenvalue weighted by Crippen LogP contribution is 2.25. The molecule has 6 nitrogen and oxygen atoms in total. The van der Waals surface area contributed by atoms with E-state index in [0.29, 0.717) is 5.16 Å². The fourth-order valence-corrected chi connectivity index (χ4v) is 2.41. The van der Waals surface area contributed by atoms with Crippen molar-refractivity contribution in [2.45, 2.75) is 30.6 Å². The quantitative estimate of drug-likeness (QED) is 0.856. The number of aryl methyl sites for hydroxylation is 1. The Morgan fingerprint density at radius 2 is 2.32 bits per heavy atom. The average molecular weight is 279 g/mol. The molecular weight excluding hydrogens is 262 g/mol. The summed E-state index contributed by atoms with van der Waals surface area (Å²) in [5.74, 6) is 0. The van der Waals surface area contributed by atoms with Crippen LogP contribution in [0.1, 0.15) is 18.1 Å². The van der Waals surface area contributed by atoms with Crippen molar-refractivity contribution in [2.24, 2.45) is 7.05 Å². The fraction of sp³-hybridized carbons (Fsp3) is 0.417. The van der Waals surface area contributed by atoms with Gasteiger partial charge >= 0.3 is 5.69 Å². The Labute approximate surface area is 115 Å². The second-order valence-corrected chi connectivity index (χ2v) is 5.17. The molecule has 0 spiro atoms. The fourth-order valence-electron chi connectivity index (χ4n) is 1.60. The van der Waals surface area contributed by atoms with Crippen molar-refractivity contribution in [2.75, 3.05) is 6.54 Å². The van der Waals surface area contributed by atoms with E-state index in [1.54, 1.807) is 7.05 Å². The van der Waals surface area contributed by atoms with Gasteiger partial charge in [-0.1, -0.05) is 13.0 Å². The Morgan fingerprint density at radius 3 is 2.89 bits per heavy atom. The lowest BCUT2D eigenvalue weighted by Gasteiger charge is -2.07. The van der Waals surface area contributed by atoms with Crippen molar-refractivity contribution >= 4 is 11.8 Å². The Balaban J connectivity index is 2.17. The zero-order valence-electron chi connectivity index (χ0n) is 11.2. The predicted molar refractivity (Wildman–Crippen MR) is 74.3 cm³/mol. The molecule has 19 heavy (non-hydrogen) atoms. The first-order valence-corrected chi connectivity index (χ1v) is 6.89. The lowest BCUT2D eigenvalue weighted by atomic mass is 10.2. The third-order valence-corrected chi connectivity index (χ3v) is 3.86. The summed E-state index contributed by atoms with van der Waals surface area (Å²) in [5.41, 5.74) is 2.01. The van der Waals surface area contributed by atoms with Crippen LogP contribution < -0.4 is 11.0 Å². The summed E-state index contributed by atoms with van der Waals surface area (Å²) in [6, 6.07) is 2.10. The molecule has 0 radical (unpaired) electrons. The highest BCUT2D eigenvalue weighted by Gasteiger charge is 2.09. The minimum absolute atomic E-state index is 0.219. The summed E-state index contributed by atoms with van der Waals surface area (Å²) in [6.07, 6.45) is 1.85. The maximum Gasteiger partial charge on any atom is 0.343 e. The molecule has 0 aliphatic rings. The van der Waals surface area contributed by atoms with Crippen LogP contribution in [0, 0.1) is 6.92 Å². The zero-order valence-corrected chi connectivity index (χ0v) is 12.0. The van der Waals surface area contributed by atoms with Crippen molar-refractivity contribution in [3.63, 3.8) is 0 Å². The molecule has 0 unspecified atom stereocenters. The van der Waals surface area contributed by atoms with Crippen molar-refractivity contribution in [1.29, 1.82) is 0 Å². The van der Waals surface area contributed by atoms with E-state index >= 15 is 0 Å². The lowest BCUT2D eigenvalue weighted by molar-refractivity contribution is 0.721. The molecule has 2 N–H and O–H groups in total. The summed E-state index contributed by atoms with van der Waals surface area (Å²) < 4.78 is 1.47. The molecule has 0 atom stereocenters. The Bertz CT molecular complexity index is 619. The van der Waals surface area contributed by atoms with Gasteiger partial charge in [0.2, 0.25) is 0 Å². The van der Waals surface area contributed by atoms with E-state index in [1.165, 1.54) is 16.3 Å². The van der Waals surface area contributed by atoms with Crippen LogP contribution in [-0.4, -0.2) is 26.3 Å². The van der Waals surface area contributed by atoms with Gasteiger partial charge in [-0.2, -0.15) is 0 Å². The van der Waals surface area contributed by atoms with Crippen LogP contribution in [0.5, 0.6) is 0 Å². The number of aromatic amines is 1. The second-order valence-electron chi connectivity index (χ2n) is 4.22. The van der Waals surface area contributed by atoms with Gasteiger partial charge in [-0.15, -0.1) is 5.10 Å². The first kappa shape index (κ1) is 13.8. The van der Waals surface area contributed by atoms with Gasteiger partial charge in [-0.05, 0) is 36.4 Å². The monoisotopic (exact) mass is 279 g/mol. The molecule has 2 rings (SSSR count). The Kier molecular flexibility index (Phi) is 4.39. The Hall–Kier alpha value is -1.60. The lowest BCUT2D eigenvalue weighted by Crippen LogP contribution is -2.13. The maximum absolute atomic E-state index is 11.3. The molecule has 2 heterocycles. The number of rotatable bonds is 5. The number of nitrogens with one attached hydrogen (secondary N) is 2.